The number of Topliss-reactive ketones (excluding diaryl/α,β-unsaturated/α-hetero) is 1. The van der Waals surface area contributed by atoms with E-state index < -0.39 is 0 Å². The Hall–Kier alpha value is -2.86. The Bertz CT molecular complexity index is 899. The van der Waals surface area contributed by atoms with Gasteiger partial charge in [-0.25, -0.2) is 4.79 Å². The molecule has 0 saturated carbocycles. The fraction of sp³-hybridized carbons (Fsp3) is 0.440. The van der Waals surface area contributed by atoms with E-state index in [0.29, 0.717) is 37.4 Å². The van der Waals surface area contributed by atoms with Gasteiger partial charge in [-0.3, -0.25) is 9.69 Å². The first-order chi connectivity index (χ1) is 15.0. The molecule has 164 valence electrons. The van der Waals surface area contributed by atoms with Crippen LogP contribution in [0.3, 0.4) is 0 Å². The number of fused-ring (bicyclic) bond motifs is 2. The molecule has 2 fully saturated rings. The number of ketones is 1. The maximum atomic E-state index is 13.4. The molecule has 2 unspecified atom stereocenters. The van der Waals surface area contributed by atoms with Gasteiger partial charge in [0.05, 0.1) is 37.0 Å². The lowest BCUT2D eigenvalue weighted by atomic mass is 9.80. The SMILES string of the molecule is CC(C)Oc1ccccc1C(=O)C1CC2COCC(C1)N2C(=O)OCc1ccccc1. The fourth-order valence-corrected chi connectivity index (χ4v) is 4.47. The van der Waals surface area contributed by atoms with Crippen LogP contribution in [0.2, 0.25) is 0 Å². The number of para-hydroxylation sites is 1. The van der Waals surface area contributed by atoms with Crippen molar-refractivity contribution in [3.05, 3.63) is 65.7 Å². The molecule has 0 aromatic heterocycles. The molecule has 6 nitrogen and oxygen atoms in total. The van der Waals surface area contributed by atoms with Crippen LogP contribution in [0.1, 0.15) is 42.6 Å². The van der Waals surface area contributed by atoms with Crippen molar-refractivity contribution in [3.8, 4) is 5.75 Å². The van der Waals surface area contributed by atoms with Gasteiger partial charge in [0, 0.05) is 5.92 Å². The van der Waals surface area contributed by atoms with E-state index in [1.807, 2.05) is 68.4 Å². The minimum Gasteiger partial charge on any atom is -0.490 e. The first-order valence-electron chi connectivity index (χ1n) is 10.9. The van der Waals surface area contributed by atoms with Gasteiger partial charge in [0.15, 0.2) is 5.78 Å². The number of hydrogen-bond donors (Lipinski definition) is 0. The topological polar surface area (TPSA) is 65.1 Å². The van der Waals surface area contributed by atoms with E-state index in [4.69, 9.17) is 14.2 Å². The molecule has 4 rings (SSSR count). The number of carbonyl (C=O) groups excluding carboxylic acids is 2. The Morgan fingerprint density at radius 2 is 1.65 bits per heavy atom. The first-order valence-corrected chi connectivity index (χ1v) is 10.9. The van der Waals surface area contributed by atoms with Gasteiger partial charge < -0.3 is 14.2 Å². The van der Waals surface area contributed by atoms with Crippen LogP contribution in [-0.2, 0) is 16.1 Å². The normalized spacial score (nSPS) is 22.8. The second-order valence-corrected chi connectivity index (χ2v) is 8.49. The van der Waals surface area contributed by atoms with Crippen LogP contribution in [0, 0.1) is 5.92 Å². The number of benzene rings is 2. The van der Waals surface area contributed by atoms with Crippen molar-refractivity contribution in [1.82, 2.24) is 4.90 Å². The van der Waals surface area contributed by atoms with Crippen LogP contribution in [0.4, 0.5) is 4.79 Å². The molecule has 2 atom stereocenters. The lowest BCUT2D eigenvalue weighted by Crippen LogP contribution is -2.59. The Morgan fingerprint density at radius 3 is 2.32 bits per heavy atom. The zero-order valence-corrected chi connectivity index (χ0v) is 18.0. The Balaban J connectivity index is 1.45. The van der Waals surface area contributed by atoms with Gasteiger partial charge in [0.1, 0.15) is 12.4 Å². The molecule has 1 amide bonds. The van der Waals surface area contributed by atoms with Gasteiger partial charge in [-0.05, 0) is 44.4 Å². The molecule has 2 bridgehead atoms. The van der Waals surface area contributed by atoms with E-state index in [0.717, 1.165) is 5.56 Å². The predicted octanol–water partition coefficient (Wildman–Crippen LogP) is 4.47. The molecule has 2 aliphatic heterocycles. The number of morpholine rings is 1. The molecular formula is C25H29NO5. The van der Waals surface area contributed by atoms with Crippen molar-refractivity contribution in [3.63, 3.8) is 0 Å². The van der Waals surface area contributed by atoms with Crippen LogP contribution in [0.5, 0.6) is 5.75 Å². The predicted molar refractivity (Wildman–Crippen MR) is 116 cm³/mol. The average molecular weight is 424 g/mol. The molecule has 2 aliphatic rings. The van der Waals surface area contributed by atoms with Crippen molar-refractivity contribution < 1.29 is 23.8 Å². The summed E-state index contributed by atoms with van der Waals surface area (Å²) in [7, 11) is 0. The second-order valence-electron chi connectivity index (χ2n) is 8.49. The minimum absolute atomic E-state index is 0.0111. The van der Waals surface area contributed by atoms with Crippen LogP contribution in [0.15, 0.2) is 54.6 Å². The lowest BCUT2D eigenvalue weighted by Gasteiger charge is -2.47. The number of hydrogen-bond acceptors (Lipinski definition) is 5. The van der Waals surface area contributed by atoms with E-state index in [-0.39, 0.29) is 42.6 Å². The zero-order valence-electron chi connectivity index (χ0n) is 18.0. The third-order valence-electron chi connectivity index (χ3n) is 5.82. The van der Waals surface area contributed by atoms with E-state index >= 15 is 0 Å². The molecular weight excluding hydrogens is 394 g/mol. The van der Waals surface area contributed by atoms with Crippen molar-refractivity contribution >= 4 is 11.9 Å². The second kappa shape index (κ2) is 9.52. The highest BCUT2D eigenvalue weighted by atomic mass is 16.6. The number of nitrogens with zero attached hydrogens (tertiary/aromatic N) is 1. The Morgan fingerprint density at radius 1 is 1.00 bits per heavy atom. The maximum Gasteiger partial charge on any atom is 0.410 e. The minimum atomic E-state index is -0.336. The van der Waals surface area contributed by atoms with Crippen molar-refractivity contribution in [2.24, 2.45) is 5.92 Å². The van der Waals surface area contributed by atoms with Gasteiger partial charge >= 0.3 is 6.09 Å². The summed E-state index contributed by atoms with van der Waals surface area (Å²) in [5, 5.41) is 0. The molecule has 0 radical (unpaired) electrons. The van der Waals surface area contributed by atoms with Gasteiger partial charge in [-0.2, -0.15) is 0 Å². The smallest absolute Gasteiger partial charge is 0.410 e. The van der Waals surface area contributed by atoms with Crippen LogP contribution in [-0.4, -0.2) is 48.2 Å². The summed E-state index contributed by atoms with van der Waals surface area (Å²) in [5.41, 5.74) is 1.56. The summed E-state index contributed by atoms with van der Waals surface area (Å²) in [4.78, 5) is 28.0. The molecule has 2 aromatic rings. The lowest BCUT2D eigenvalue weighted by molar-refractivity contribution is -0.0755. The van der Waals surface area contributed by atoms with Gasteiger partial charge in [-0.1, -0.05) is 42.5 Å². The van der Waals surface area contributed by atoms with Gasteiger partial charge in [-0.15, -0.1) is 0 Å². The first kappa shape index (κ1) is 21.4. The largest absolute Gasteiger partial charge is 0.490 e. The number of rotatable bonds is 6. The van der Waals surface area contributed by atoms with Gasteiger partial charge in [0.2, 0.25) is 0 Å². The molecule has 2 saturated heterocycles. The summed E-state index contributed by atoms with van der Waals surface area (Å²) in [6.45, 7) is 4.97. The standard InChI is InChI=1S/C25H29NO5/c1-17(2)31-23-11-7-6-10-22(23)24(27)19-12-20-15-29-16-21(13-19)26(20)25(28)30-14-18-8-4-3-5-9-18/h3-11,17,19-21H,12-16H2,1-2H3. The van der Waals surface area contributed by atoms with E-state index in [9.17, 15) is 9.59 Å². The summed E-state index contributed by atoms with van der Waals surface area (Å²) in [5.74, 6) is 0.521. The summed E-state index contributed by atoms with van der Waals surface area (Å²) in [6, 6.07) is 16.7. The summed E-state index contributed by atoms with van der Waals surface area (Å²) < 4.78 is 17.1. The van der Waals surface area contributed by atoms with Gasteiger partial charge in [0.25, 0.3) is 0 Å². The molecule has 2 aromatic carbocycles. The molecule has 0 spiro atoms. The number of carbonyl (C=O) groups is 2. The van der Waals surface area contributed by atoms with Crippen LogP contribution < -0.4 is 4.74 Å². The summed E-state index contributed by atoms with van der Waals surface area (Å²) in [6.07, 6.45) is 0.775. The monoisotopic (exact) mass is 423 g/mol. The highest BCUT2D eigenvalue weighted by molar-refractivity contribution is 6.00. The van der Waals surface area contributed by atoms with Crippen molar-refractivity contribution in [1.29, 1.82) is 0 Å². The Kier molecular flexibility index (Phi) is 6.56. The summed E-state index contributed by atoms with van der Waals surface area (Å²) >= 11 is 0. The number of amides is 1. The quantitative estimate of drug-likeness (QED) is 0.642. The van der Waals surface area contributed by atoms with Crippen molar-refractivity contribution in [2.75, 3.05) is 13.2 Å². The average Bonchev–Trinajstić information content (AvgIpc) is 2.77. The maximum absolute atomic E-state index is 13.4. The van der Waals surface area contributed by atoms with Crippen LogP contribution >= 0.6 is 0 Å². The number of ether oxygens (including phenoxy) is 3. The van der Waals surface area contributed by atoms with E-state index in [1.54, 1.807) is 4.90 Å². The van der Waals surface area contributed by atoms with E-state index in [1.165, 1.54) is 0 Å². The zero-order chi connectivity index (χ0) is 21.8. The third kappa shape index (κ3) is 4.90. The fourth-order valence-electron chi connectivity index (χ4n) is 4.47. The Labute approximate surface area is 183 Å². The molecule has 2 heterocycles. The molecule has 31 heavy (non-hydrogen) atoms. The number of piperidine rings is 1. The molecule has 0 N–H and O–H groups in total. The van der Waals surface area contributed by atoms with Crippen molar-refractivity contribution in [2.45, 2.75) is 51.5 Å². The molecule has 6 heteroatoms. The highest BCUT2D eigenvalue weighted by Crippen LogP contribution is 2.35. The van der Waals surface area contributed by atoms with Crippen LogP contribution in [0.25, 0.3) is 0 Å². The van der Waals surface area contributed by atoms with E-state index in [2.05, 4.69) is 0 Å². The third-order valence-corrected chi connectivity index (χ3v) is 5.82. The highest BCUT2D eigenvalue weighted by Gasteiger charge is 2.44. The molecule has 0 aliphatic carbocycles.